The highest BCUT2D eigenvalue weighted by Crippen LogP contribution is 2.27. The zero-order valence-electron chi connectivity index (χ0n) is 10.6. The highest BCUT2D eigenvalue weighted by molar-refractivity contribution is 7.19. The van der Waals surface area contributed by atoms with Crippen molar-refractivity contribution in [2.45, 2.75) is 19.8 Å². The molecule has 0 aliphatic carbocycles. The molecule has 2 aromatic rings. The largest absolute Gasteiger partial charge is 0.494 e. The van der Waals surface area contributed by atoms with Crippen LogP contribution in [0.5, 0.6) is 5.75 Å². The summed E-state index contributed by atoms with van der Waals surface area (Å²) in [5.41, 5.74) is 0.859. The van der Waals surface area contributed by atoms with Crippen LogP contribution in [-0.2, 0) is 4.79 Å². The fourth-order valence-electron chi connectivity index (χ4n) is 1.56. The lowest BCUT2D eigenvalue weighted by atomic mass is 10.3. The van der Waals surface area contributed by atoms with Crippen molar-refractivity contribution in [3.8, 4) is 5.75 Å². The molecule has 0 unspecified atom stereocenters. The number of aliphatic carboxylic acids is 1. The third-order valence-corrected chi connectivity index (χ3v) is 3.49. The van der Waals surface area contributed by atoms with Gasteiger partial charge in [-0.15, -0.1) is 11.3 Å². The Morgan fingerprint density at radius 3 is 3.11 bits per heavy atom. The van der Waals surface area contributed by atoms with Gasteiger partial charge in [0.2, 0.25) is 0 Å². The van der Waals surface area contributed by atoms with E-state index in [1.807, 2.05) is 18.2 Å². The lowest BCUT2D eigenvalue weighted by Crippen LogP contribution is -1.95. The topological polar surface area (TPSA) is 59.4 Å². The fraction of sp³-hybridized carbons (Fsp3) is 0.286. The highest BCUT2D eigenvalue weighted by atomic mass is 32.1. The van der Waals surface area contributed by atoms with Crippen molar-refractivity contribution >= 4 is 33.6 Å². The first-order valence-electron chi connectivity index (χ1n) is 6.13. The summed E-state index contributed by atoms with van der Waals surface area (Å²) in [6.45, 7) is 2.84. The second-order valence-electron chi connectivity index (χ2n) is 4.06. The fourth-order valence-corrected chi connectivity index (χ4v) is 2.46. The van der Waals surface area contributed by atoms with Crippen LogP contribution in [0.1, 0.15) is 24.8 Å². The molecule has 100 valence electrons. The first-order valence-corrected chi connectivity index (χ1v) is 6.95. The smallest absolute Gasteiger partial charge is 0.328 e. The number of aromatic nitrogens is 1. The van der Waals surface area contributed by atoms with E-state index in [0.29, 0.717) is 11.6 Å². The molecule has 1 aromatic carbocycles. The van der Waals surface area contributed by atoms with Crippen LogP contribution < -0.4 is 4.74 Å². The molecule has 2 rings (SSSR count). The summed E-state index contributed by atoms with van der Waals surface area (Å²) in [6, 6.07) is 5.73. The molecule has 0 aliphatic rings. The number of ether oxygens (including phenoxy) is 1. The van der Waals surface area contributed by atoms with E-state index in [0.717, 1.165) is 34.9 Å². The van der Waals surface area contributed by atoms with Crippen LogP contribution in [0.25, 0.3) is 16.3 Å². The van der Waals surface area contributed by atoms with Gasteiger partial charge in [-0.25, -0.2) is 9.78 Å². The molecular weight excluding hydrogens is 262 g/mol. The summed E-state index contributed by atoms with van der Waals surface area (Å²) >= 11 is 1.45. The van der Waals surface area contributed by atoms with Crippen LogP contribution in [0, 0.1) is 0 Å². The van der Waals surface area contributed by atoms with Crippen LogP contribution in [0.3, 0.4) is 0 Å². The number of benzene rings is 1. The molecule has 0 saturated heterocycles. The Balaban J connectivity index is 2.16. The van der Waals surface area contributed by atoms with E-state index in [1.54, 1.807) is 0 Å². The van der Waals surface area contributed by atoms with E-state index in [4.69, 9.17) is 9.84 Å². The SMILES string of the molecule is CCCCOc1ccc2nc(/C=C/C(=O)O)sc2c1. The Hall–Kier alpha value is -1.88. The molecule has 0 aliphatic heterocycles. The molecule has 0 fully saturated rings. The molecule has 0 amide bonds. The molecule has 0 radical (unpaired) electrons. The van der Waals surface area contributed by atoms with Gasteiger partial charge in [0, 0.05) is 6.08 Å². The number of thiazole rings is 1. The number of carbonyl (C=O) groups is 1. The molecule has 0 atom stereocenters. The molecule has 5 heteroatoms. The van der Waals surface area contributed by atoms with Gasteiger partial charge in [0.05, 0.1) is 16.8 Å². The summed E-state index contributed by atoms with van der Waals surface area (Å²) in [5, 5.41) is 9.27. The van der Waals surface area contributed by atoms with E-state index in [1.165, 1.54) is 17.4 Å². The quantitative estimate of drug-likeness (QED) is 0.647. The minimum atomic E-state index is -0.970. The molecule has 1 N–H and O–H groups in total. The third-order valence-electron chi connectivity index (χ3n) is 2.51. The molecule has 1 heterocycles. The van der Waals surface area contributed by atoms with Gasteiger partial charge in [0.1, 0.15) is 10.8 Å². The minimum absolute atomic E-state index is 0.683. The van der Waals surface area contributed by atoms with E-state index < -0.39 is 5.97 Å². The van der Waals surface area contributed by atoms with Crippen molar-refractivity contribution < 1.29 is 14.6 Å². The number of carboxylic acid groups (broad SMARTS) is 1. The molecule has 0 bridgehead atoms. The number of hydrogen-bond donors (Lipinski definition) is 1. The highest BCUT2D eigenvalue weighted by Gasteiger charge is 2.03. The van der Waals surface area contributed by atoms with Gasteiger partial charge in [-0.3, -0.25) is 0 Å². The number of rotatable bonds is 6. The summed E-state index contributed by atoms with van der Waals surface area (Å²) in [4.78, 5) is 14.8. The average Bonchev–Trinajstić information content (AvgIpc) is 2.79. The van der Waals surface area contributed by atoms with Crippen LogP contribution in [0.15, 0.2) is 24.3 Å². The Bertz CT molecular complexity index is 604. The Morgan fingerprint density at radius 1 is 1.53 bits per heavy atom. The van der Waals surface area contributed by atoms with Gasteiger partial charge in [-0.2, -0.15) is 0 Å². The Kier molecular flexibility index (Phi) is 4.52. The molecular formula is C14H15NO3S. The number of nitrogens with zero attached hydrogens (tertiary/aromatic N) is 1. The molecule has 0 saturated carbocycles. The van der Waals surface area contributed by atoms with E-state index in [9.17, 15) is 4.79 Å². The van der Waals surface area contributed by atoms with Crippen molar-refractivity contribution in [2.24, 2.45) is 0 Å². The summed E-state index contributed by atoms with van der Waals surface area (Å²) in [7, 11) is 0. The number of hydrogen-bond acceptors (Lipinski definition) is 4. The molecule has 1 aromatic heterocycles. The van der Waals surface area contributed by atoms with Gasteiger partial charge in [-0.1, -0.05) is 13.3 Å². The lowest BCUT2D eigenvalue weighted by Gasteiger charge is -2.04. The maximum Gasteiger partial charge on any atom is 0.328 e. The average molecular weight is 277 g/mol. The first-order chi connectivity index (χ1) is 9.19. The number of carboxylic acids is 1. The van der Waals surface area contributed by atoms with Gasteiger partial charge < -0.3 is 9.84 Å². The Labute approximate surface area is 115 Å². The van der Waals surface area contributed by atoms with E-state index in [-0.39, 0.29) is 0 Å². The van der Waals surface area contributed by atoms with E-state index >= 15 is 0 Å². The predicted octanol–water partition coefficient (Wildman–Crippen LogP) is 3.57. The lowest BCUT2D eigenvalue weighted by molar-refractivity contribution is -0.131. The van der Waals surface area contributed by atoms with Crippen molar-refractivity contribution in [1.29, 1.82) is 0 Å². The normalized spacial score (nSPS) is 11.2. The zero-order valence-corrected chi connectivity index (χ0v) is 11.4. The van der Waals surface area contributed by atoms with Gasteiger partial charge in [0.15, 0.2) is 0 Å². The Morgan fingerprint density at radius 2 is 2.37 bits per heavy atom. The molecule has 4 nitrogen and oxygen atoms in total. The summed E-state index contributed by atoms with van der Waals surface area (Å²) < 4.78 is 6.63. The summed E-state index contributed by atoms with van der Waals surface area (Å²) in [5.74, 6) is -0.138. The maximum absolute atomic E-state index is 10.5. The zero-order chi connectivity index (χ0) is 13.7. The van der Waals surface area contributed by atoms with Crippen molar-refractivity contribution in [3.63, 3.8) is 0 Å². The number of unbranched alkanes of at least 4 members (excludes halogenated alkanes) is 1. The molecule has 19 heavy (non-hydrogen) atoms. The van der Waals surface area contributed by atoms with Crippen molar-refractivity contribution in [1.82, 2.24) is 4.98 Å². The monoisotopic (exact) mass is 277 g/mol. The van der Waals surface area contributed by atoms with Gasteiger partial charge in [-0.05, 0) is 30.7 Å². The first kappa shape index (κ1) is 13.5. The molecule has 0 spiro atoms. The van der Waals surface area contributed by atoms with Crippen LogP contribution in [0.4, 0.5) is 0 Å². The second-order valence-corrected chi connectivity index (χ2v) is 5.12. The second kappa shape index (κ2) is 6.33. The third kappa shape index (κ3) is 3.79. The number of fused-ring (bicyclic) bond motifs is 1. The summed E-state index contributed by atoms with van der Waals surface area (Å²) in [6.07, 6.45) is 4.74. The van der Waals surface area contributed by atoms with Crippen LogP contribution >= 0.6 is 11.3 Å². The minimum Gasteiger partial charge on any atom is -0.494 e. The van der Waals surface area contributed by atoms with Crippen molar-refractivity contribution in [3.05, 3.63) is 29.3 Å². The van der Waals surface area contributed by atoms with Crippen LogP contribution in [-0.4, -0.2) is 22.7 Å². The maximum atomic E-state index is 10.5. The van der Waals surface area contributed by atoms with Crippen molar-refractivity contribution in [2.75, 3.05) is 6.61 Å². The standard InChI is InChI=1S/C14H15NO3S/c1-2-3-8-18-10-4-5-11-12(9-10)19-13(15-11)6-7-14(16)17/h4-7,9H,2-3,8H2,1H3,(H,16,17)/b7-6+. The van der Waals surface area contributed by atoms with Gasteiger partial charge in [0.25, 0.3) is 0 Å². The van der Waals surface area contributed by atoms with Crippen LogP contribution in [0.2, 0.25) is 0 Å². The van der Waals surface area contributed by atoms with E-state index in [2.05, 4.69) is 11.9 Å². The predicted molar refractivity (Wildman–Crippen MR) is 76.7 cm³/mol. The van der Waals surface area contributed by atoms with Gasteiger partial charge >= 0.3 is 5.97 Å².